The van der Waals surface area contributed by atoms with E-state index in [9.17, 15) is 0 Å². The van der Waals surface area contributed by atoms with Gasteiger partial charge in [-0.25, -0.2) is 0 Å². The van der Waals surface area contributed by atoms with Crippen molar-refractivity contribution < 1.29 is 0 Å². The minimum Gasteiger partial charge on any atom is -0.123 e. The van der Waals surface area contributed by atoms with E-state index in [-0.39, 0.29) is 0 Å². The molecule has 0 radical (unpaired) electrons. The molecule has 0 aromatic carbocycles. The highest BCUT2D eigenvalue weighted by molar-refractivity contribution is 6.20. The zero-order chi connectivity index (χ0) is 12.6. The van der Waals surface area contributed by atoms with E-state index in [0.29, 0.717) is 11.3 Å². The third-order valence-electron chi connectivity index (χ3n) is 3.62. The van der Waals surface area contributed by atoms with Crippen LogP contribution in [0.4, 0.5) is 0 Å². The Labute approximate surface area is 108 Å². The fourth-order valence-electron chi connectivity index (χ4n) is 2.04. The first-order valence-electron chi connectivity index (χ1n) is 7.07. The Kier molecular flexibility index (Phi) is 9.50. The van der Waals surface area contributed by atoms with Crippen LogP contribution in [0.5, 0.6) is 0 Å². The molecule has 3 unspecified atom stereocenters. The third-order valence-corrected chi connectivity index (χ3v) is 4.05. The number of hydrogen-bond donors (Lipinski definition) is 0. The summed E-state index contributed by atoms with van der Waals surface area (Å²) in [7, 11) is 0. The maximum absolute atomic E-state index is 6.06. The maximum Gasteiger partial charge on any atom is 0.0333 e. The molecule has 0 aliphatic rings. The highest BCUT2D eigenvalue weighted by Crippen LogP contribution is 2.21. The van der Waals surface area contributed by atoms with Crippen LogP contribution in [0.25, 0.3) is 0 Å². The van der Waals surface area contributed by atoms with E-state index in [0.717, 1.165) is 11.8 Å². The summed E-state index contributed by atoms with van der Waals surface area (Å²) < 4.78 is 0. The fraction of sp³-hybridized carbons (Fsp3) is 1.00. The summed E-state index contributed by atoms with van der Waals surface area (Å²) in [5, 5.41) is 0.330. The summed E-state index contributed by atoms with van der Waals surface area (Å²) in [5.74, 6) is 2.44. The Morgan fingerprint density at radius 2 is 1.25 bits per heavy atom. The summed E-state index contributed by atoms with van der Waals surface area (Å²) in [6.07, 6.45) is 8.22. The van der Waals surface area contributed by atoms with Crippen molar-refractivity contribution in [3.8, 4) is 0 Å². The van der Waals surface area contributed by atoms with Crippen LogP contribution in [-0.4, -0.2) is 5.38 Å². The molecule has 0 nitrogen and oxygen atoms in total. The lowest BCUT2D eigenvalue weighted by molar-refractivity contribution is 0.398. The lowest BCUT2D eigenvalue weighted by atomic mass is 9.93. The minimum absolute atomic E-state index is 0.330. The molecule has 0 saturated carbocycles. The molecule has 1 heteroatoms. The topological polar surface area (TPSA) is 0 Å². The average molecular weight is 247 g/mol. The second-order valence-electron chi connectivity index (χ2n) is 6.02. The first-order chi connectivity index (χ1) is 7.43. The van der Waals surface area contributed by atoms with Gasteiger partial charge in [0.05, 0.1) is 0 Å². The second kappa shape index (κ2) is 9.33. The average Bonchev–Trinajstić information content (AvgIpc) is 2.16. The zero-order valence-electron chi connectivity index (χ0n) is 11.9. The Balaban J connectivity index is 3.40. The molecule has 0 bridgehead atoms. The van der Waals surface area contributed by atoms with Crippen molar-refractivity contribution in [2.45, 2.75) is 78.5 Å². The Bertz CT molecular complexity index is 152. The third kappa shape index (κ3) is 9.51. The lowest BCUT2D eigenvalue weighted by Gasteiger charge is -2.16. The monoisotopic (exact) mass is 246 g/mol. The van der Waals surface area contributed by atoms with Crippen molar-refractivity contribution in [2.24, 2.45) is 17.8 Å². The van der Waals surface area contributed by atoms with Crippen molar-refractivity contribution in [2.75, 3.05) is 0 Å². The molecule has 0 aliphatic heterocycles. The number of halogens is 1. The Morgan fingerprint density at radius 3 is 1.69 bits per heavy atom. The maximum atomic E-state index is 6.06. The van der Waals surface area contributed by atoms with E-state index in [1.807, 2.05) is 0 Å². The van der Waals surface area contributed by atoms with Gasteiger partial charge in [0.1, 0.15) is 0 Å². The quantitative estimate of drug-likeness (QED) is 0.446. The Morgan fingerprint density at radius 1 is 0.750 bits per heavy atom. The molecule has 0 rings (SSSR count). The van der Waals surface area contributed by atoms with Gasteiger partial charge < -0.3 is 0 Å². The molecule has 0 fully saturated rings. The molecule has 0 aliphatic carbocycles. The number of alkyl halides is 1. The molecular weight excluding hydrogens is 216 g/mol. The van der Waals surface area contributed by atoms with Gasteiger partial charge in [0.15, 0.2) is 0 Å². The molecule has 3 atom stereocenters. The largest absolute Gasteiger partial charge is 0.123 e. The number of hydrogen-bond acceptors (Lipinski definition) is 0. The fourth-order valence-corrected chi connectivity index (χ4v) is 2.16. The summed E-state index contributed by atoms with van der Waals surface area (Å²) in [6, 6.07) is 0. The summed E-state index contributed by atoms with van der Waals surface area (Å²) in [6.45, 7) is 11.4. The van der Waals surface area contributed by atoms with Gasteiger partial charge in [0.25, 0.3) is 0 Å². The summed E-state index contributed by atoms with van der Waals surface area (Å²) >= 11 is 6.06. The van der Waals surface area contributed by atoms with E-state index < -0.39 is 0 Å². The van der Waals surface area contributed by atoms with Crippen LogP contribution in [0.3, 0.4) is 0 Å². The second-order valence-corrected chi connectivity index (χ2v) is 6.70. The normalized spacial score (nSPS) is 17.4. The molecule has 98 valence electrons. The van der Waals surface area contributed by atoms with Crippen molar-refractivity contribution in [3.63, 3.8) is 0 Å². The molecule has 0 amide bonds. The first kappa shape index (κ1) is 16.3. The highest BCUT2D eigenvalue weighted by Gasteiger charge is 2.09. The van der Waals surface area contributed by atoms with Crippen LogP contribution >= 0.6 is 11.6 Å². The van der Waals surface area contributed by atoms with E-state index in [1.54, 1.807) is 0 Å². The highest BCUT2D eigenvalue weighted by atomic mass is 35.5. The van der Waals surface area contributed by atoms with Crippen molar-refractivity contribution in [1.29, 1.82) is 0 Å². The van der Waals surface area contributed by atoms with Crippen LogP contribution in [0, 0.1) is 17.8 Å². The molecule has 0 saturated heterocycles. The van der Waals surface area contributed by atoms with Gasteiger partial charge in [-0.15, -0.1) is 11.6 Å². The van der Waals surface area contributed by atoms with Crippen LogP contribution < -0.4 is 0 Å². The zero-order valence-corrected chi connectivity index (χ0v) is 12.7. The first-order valence-corrected chi connectivity index (χ1v) is 7.51. The summed E-state index contributed by atoms with van der Waals surface area (Å²) in [4.78, 5) is 0. The molecule has 16 heavy (non-hydrogen) atoms. The van der Waals surface area contributed by atoms with Crippen LogP contribution in [0.2, 0.25) is 0 Å². The number of rotatable bonds is 9. The molecule has 0 heterocycles. The van der Waals surface area contributed by atoms with Crippen LogP contribution in [-0.2, 0) is 0 Å². The van der Waals surface area contributed by atoms with E-state index in [2.05, 4.69) is 34.6 Å². The van der Waals surface area contributed by atoms with Crippen LogP contribution in [0.15, 0.2) is 0 Å². The smallest absolute Gasteiger partial charge is 0.0333 e. The molecule has 0 spiro atoms. The van der Waals surface area contributed by atoms with E-state index in [1.165, 1.54) is 38.5 Å². The van der Waals surface area contributed by atoms with Gasteiger partial charge >= 0.3 is 0 Å². The van der Waals surface area contributed by atoms with Gasteiger partial charge in [0.2, 0.25) is 0 Å². The molecule has 0 N–H and O–H groups in total. The van der Waals surface area contributed by atoms with Gasteiger partial charge in [-0.2, -0.15) is 0 Å². The Hall–Kier alpha value is 0.290. The SMILES string of the molecule is CC(C)CCCC(C)CCCC(C)C(C)Cl. The van der Waals surface area contributed by atoms with E-state index in [4.69, 9.17) is 11.6 Å². The minimum atomic E-state index is 0.330. The predicted octanol–water partition coefficient (Wildman–Crippen LogP) is 5.88. The lowest BCUT2D eigenvalue weighted by Crippen LogP contribution is -2.07. The van der Waals surface area contributed by atoms with E-state index >= 15 is 0 Å². The molecule has 0 aromatic heterocycles. The van der Waals surface area contributed by atoms with Gasteiger partial charge in [-0.3, -0.25) is 0 Å². The van der Waals surface area contributed by atoms with Gasteiger partial charge in [-0.05, 0) is 31.1 Å². The van der Waals surface area contributed by atoms with Crippen molar-refractivity contribution in [1.82, 2.24) is 0 Å². The molecular formula is C15H31Cl. The summed E-state index contributed by atoms with van der Waals surface area (Å²) in [5.41, 5.74) is 0. The predicted molar refractivity (Wildman–Crippen MR) is 76.2 cm³/mol. The van der Waals surface area contributed by atoms with Gasteiger partial charge in [-0.1, -0.05) is 59.8 Å². The molecule has 0 aromatic rings. The standard InChI is InChI=1S/C15H31Cl/c1-12(2)8-6-9-13(3)10-7-11-14(4)15(5)16/h12-15H,6-11H2,1-5H3. The van der Waals surface area contributed by atoms with Crippen LogP contribution in [0.1, 0.15) is 73.1 Å². The van der Waals surface area contributed by atoms with Crippen molar-refractivity contribution in [3.05, 3.63) is 0 Å². The van der Waals surface area contributed by atoms with Gasteiger partial charge in [0, 0.05) is 5.38 Å². The van der Waals surface area contributed by atoms with Crippen molar-refractivity contribution >= 4 is 11.6 Å².